The first kappa shape index (κ1) is 19.2. The summed E-state index contributed by atoms with van der Waals surface area (Å²) in [6.45, 7) is 4.95. The van der Waals surface area contributed by atoms with Crippen LogP contribution < -0.4 is 0 Å². The molecule has 4 aliphatic carbocycles. The van der Waals surface area contributed by atoms with Gasteiger partial charge in [-0.2, -0.15) is 0 Å². The van der Waals surface area contributed by atoms with Crippen molar-refractivity contribution in [3.63, 3.8) is 0 Å². The van der Waals surface area contributed by atoms with Crippen LogP contribution in [0.2, 0.25) is 0 Å². The Bertz CT molecular complexity index is 932. The van der Waals surface area contributed by atoms with Gasteiger partial charge in [-0.1, -0.05) is 38.8 Å². The van der Waals surface area contributed by atoms with Crippen molar-refractivity contribution >= 4 is 11.6 Å². The Morgan fingerprint density at radius 3 is 2.87 bits per heavy atom. The standard InChI is InChI=1S/C25H34O6/c1-4-5-21-30-20-11-17-16-7-6-14-10-15(27)8-9-23(14,2)22(16)18(28)12-24(17,3)25(20,31-21)19(29)13-26/h8-10,16-18,20-22,26,28H,4-7,11-13H2,1-3H3/t16-,17-,18-,20+,21?,22+,23-,24-,25+/m0/s1/i4T,5T/t4?,5?,16-,17-,18-,20+,21?,22+,23-,24-,25+. The summed E-state index contributed by atoms with van der Waals surface area (Å²) in [5.41, 5.74) is -1.57. The molecule has 5 aliphatic rings. The molecule has 1 heterocycles. The van der Waals surface area contributed by atoms with E-state index in [-0.39, 0.29) is 23.5 Å². The quantitative estimate of drug-likeness (QED) is 0.707. The predicted octanol–water partition coefficient (Wildman–Crippen LogP) is 2.72. The molecule has 31 heavy (non-hydrogen) atoms. The van der Waals surface area contributed by atoms with Gasteiger partial charge in [0.1, 0.15) is 6.61 Å². The molecular weight excluding hydrogens is 396 g/mol. The number of fused-ring (bicyclic) bond motifs is 7. The van der Waals surface area contributed by atoms with Crippen molar-refractivity contribution in [2.24, 2.45) is 28.6 Å². The molecule has 3 saturated carbocycles. The second-order valence-electron chi connectivity index (χ2n) is 10.4. The van der Waals surface area contributed by atoms with E-state index in [1.807, 2.05) is 13.0 Å². The molecule has 3 unspecified atom stereocenters. The molecule has 0 aromatic heterocycles. The SMILES string of the molecule is [3H]C(C)C([3H])C1O[C@@H]2C[C@H]3[C@@H]4CCC5=CC(=O)C=C[C@]5(C)[C@H]4[C@@H](O)C[C@]3(C)[C@]2(C(=O)CO)O1. The van der Waals surface area contributed by atoms with Gasteiger partial charge in [0, 0.05) is 19.5 Å². The normalized spacial score (nSPS) is 53.3. The van der Waals surface area contributed by atoms with Crippen LogP contribution in [0.5, 0.6) is 0 Å². The minimum atomic E-state index is -1.44. The smallest absolute Gasteiger partial charge is 0.193 e. The van der Waals surface area contributed by atoms with Crippen LogP contribution in [0.4, 0.5) is 0 Å². The molecule has 4 fully saturated rings. The van der Waals surface area contributed by atoms with Crippen molar-refractivity contribution in [3.05, 3.63) is 23.8 Å². The van der Waals surface area contributed by atoms with Crippen molar-refractivity contribution in [1.82, 2.24) is 0 Å². The molecule has 11 atom stereocenters. The Labute approximate surface area is 186 Å². The second kappa shape index (κ2) is 7.08. The van der Waals surface area contributed by atoms with Gasteiger partial charge in [-0.3, -0.25) is 9.59 Å². The van der Waals surface area contributed by atoms with Crippen molar-refractivity contribution in [1.29, 1.82) is 0 Å². The zero-order valence-electron chi connectivity index (χ0n) is 20.4. The summed E-state index contributed by atoms with van der Waals surface area (Å²) in [5.74, 6) is -0.454. The van der Waals surface area contributed by atoms with Crippen LogP contribution in [-0.2, 0) is 19.1 Å². The molecule has 6 heteroatoms. The molecule has 0 aromatic rings. The Morgan fingerprint density at radius 1 is 1.39 bits per heavy atom. The maximum atomic E-state index is 13.3. The highest BCUT2D eigenvalue weighted by atomic mass is 16.7. The minimum absolute atomic E-state index is 0.0135. The molecule has 170 valence electrons. The minimum Gasteiger partial charge on any atom is -0.393 e. The lowest BCUT2D eigenvalue weighted by atomic mass is 9.46. The monoisotopic (exact) mass is 434 g/mol. The topological polar surface area (TPSA) is 93.1 Å². The van der Waals surface area contributed by atoms with E-state index in [1.54, 1.807) is 19.1 Å². The fourth-order valence-corrected chi connectivity index (χ4v) is 7.96. The van der Waals surface area contributed by atoms with Crippen molar-refractivity contribution < 1.29 is 32.0 Å². The van der Waals surface area contributed by atoms with Gasteiger partial charge in [-0.15, -0.1) is 0 Å². The van der Waals surface area contributed by atoms with Gasteiger partial charge in [0.2, 0.25) is 0 Å². The molecule has 2 N–H and O–H groups in total. The van der Waals surface area contributed by atoms with Crippen LogP contribution in [0.1, 0.15) is 62.0 Å². The zero-order valence-corrected chi connectivity index (χ0v) is 18.4. The molecule has 0 bridgehead atoms. The van der Waals surface area contributed by atoms with E-state index in [9.17, 15) is 19.8 Å². The third-order valence-electron chi connectivity index (χ3n) is 9.16. The van der Waals surface area contributed by atoms with Crippen LogP contribution in [-0.4, -0.2) is 52.5 Å². The first-order valence-electron chi connectivity index (χ1n) is 12.6. The Hall–Kier alpha value is -1.34. The molecule has 0 spiro atoms. The molecule has 1 saturated heterocycles. The predicted molar refractivity (Wildman–Crippen MR) is 113 cm³/mol. The number of Topliss-reactive ketones (excluding diaryl/α,β-unsaturated/α-hetero) is 1. The summed E-state index contributed by atoms with van der Waals surface area (Å²) in [7, 11) is 0. The number of aliphatic hydroxyl groups is 2. The molecule has 6 nitrogen and oxygen atoms in total. The van der Waals surface area contributed by atoms with E-state index < -0.39 is 60.1 Å². The molecule has 0 radical (unpaired) electrons. The Morgan fingerprint density at radius 2 is 2.16 bits per heavy atom. The summed E-state index contributed by atoms with van der Waals surface area (Å²) in [6, 6.07) is 0. The van der Waals surface area contributed by atoms with E-state index in [1.165, 1.54) is 0 Å². The number of carbonyl (C=O) groups excluding carboxylic acids is 2. The van der Waals surface area contributed by atoms with E-state index in [0.717, 1.165) is 18.4 Å². The van der Waals surface area contributed by atoms with Gasteiger partial charge in [0.15, 0.2) is 23.5 Å². The fraction of sp³-hybridized carbons (Fsp3) is 0.760. The van der Waals surface area contributed by atoms with Crippen molar-refractivity contribution in [3.8, 4) is 0 Å². The summed E-state index contributed by atoms with van der Waals surface area (Å²) >= 11 is 0. The van der Waals surface area contributed by atoms with Gasteiger partial charge in [0.05, 0.1) is 12.2 Å². The number of hydrogen-bond acceptors (Lipinski definition) is 6. The van der Waals surface area contributed by atoms with Crippen LogP contribution in [0.25, 0.3) is 0 Å². The number of aliphatic hydroxyl groups excluding tert-OH is 2. The van der Waals surface area contributed by atoms with Gasteiger partial charge in [0.25, 0.3) is 0 Å². The number of carbonyl (C=O) groups is 2. The van der Waals surface area contributed by atoms with Gasteiger partial charge in [-0.05, 0) is 56.1 Å². The van der Waals surface area contributed by atoms with E-state index >= 15 is 0 Å². The summed E-state index contributed by atoms with van der Waals surface area (Å²) in [5, 5.41) is 21.5. The number of ether oxygens (including phenoxy) is 2. The number of allylic oxidation sites excluding steroid dienone is 4. The van der Waals surface area contributed by atoms with Crippen molar-refractivity contribution in [2.45, 2.75) is 83.3 Å². The van der Waals surface area contributed by atoms with E-state index in [0.29, 0.717) is 12.8 Å². The lowest BCUT2D eigenvalue weighted by molar-refractivity contribution is -0.200. The molecule has 1 aliphatic heterocycles. The van der Waals surface area contributed by atoms with E-state index in [4.69, 9.17) is 12.2 Å². The number of hydrogen-bond donors (Lipinski definition) is 2. The Balaban J connectivity index is 1.55. The molecular formula is C25H34O6. The van der Waals surface area contributed by atoms with Crippen LogP contribution in [0.3, 0.4) is 0 Å². The van der Waals surface area contributed by atoms with Gasteiger partial charge in [-0.25, -0.2) is 0 Å². The third-order valence-corrected chi connectivity index (χ3v) is 9.16. The second-order valence-corrected chi connectivity index (χ2v) is 10.4. The highest BCUT2D eigenvalue weighted by Gasteiger charge is 2.75. The lowest BCUT2D eigenvalue weighted by Gasteiger charge is -2.59. The summed E-state index contributed by atoms with van der Waals surface area (Å²) in [4.78, 5) is 25.3. The third kappa shape index (κ3) is 2.65. The highest BCUT2D eigenvalue weighted by Crippen LogP contribution is 2.69. The largest absolute Gasteiger partial charge is 0.393 e. The van der Waals surface area contributed by atoms with Crippen LogP contribution in [0.15, 0.2) is 23.8 Å². The lowest BCUT2D eigenvalue weighted by Crippen LogP contribution is -2.63. The molecule has 0 aromatic carbocycles. The number of rotatable bonds is 4. The summed E-state index contributed by atoms with van der Waals surface area (Å²) in [6.07, 6.45) is 3.56. The number of ketones is 2. The van der Waals surface area contributed by atoms with Gasteiger partial charge >= 0.3 is 0 Å². The average Bonchev–Trinajstić information content (AvgIpc) is 3.26. The first-order valence-corrected chi connectivity index (χ1v) is 11.4. The van der Waals surface area contributed by atoms with Gasteiger partial charge < -0.3 is 19.7 Å². The Kier molecular flexibility index (Phi) is 4.37. The van der Waals surface area contributed by atoms with Crippen LogP contribution in [0, 0.1) is 28.6 Å². The maximum Gasteiger partial charge on any atom is 0.193 e. The summed E-state index contributed by atoms with van der Waals surface area (Å²) < 4.78 is 28.6. The average molecular weight is 435 g/mol. The molecule has 0 amide bonds. The van der Waals surface area contributed by atoms with E-state index in [2.05, 4.69) is 6.92 Å². The fourth-order valence-electron chi connectivity index (χ4n) is 7.96. The first-order chi connectivity index (χ1) is 15.5. The van der Waals surface area contributed by atoms with Crippen molar-refractivity contribution in [2.75, 3.05) is 6.61 Å². The van der Waals surface area contributed by atoms with Crippen LogP contribution >= 0.6 is 0 Å². The highest BCUT2D eigenvalue weighted by molar-refractivity contribution is 6.01. The zero-order chi connectivity index (χ0) is 23.9. The molecule has 5 rings (SSSR count). The maximum absolute atomic E-state index is 13.3.